The molecule has 3 unspecified atom stereocenters. The van der Waals surface area contributed by atoms with Crippen LogP contribution in [0.1, 0.15) is 59.8 Å². The first kappa shape index (κ1) is 16.9. The minimum absolute atomic E-state index is 0.100. The fraction of sp³-hybridized carbons (Fsp3) is 0.857. The predicted molar refractivity (Wildman–Crippen MR) is 72.3 cm³/mol. The highest BCUT2D eigenvalue weighted by Gasteiger charge is 2.13. The predicted octanol–water partition coefficient (Wildman–Crippen LogP) is 2.82. The summed E-state index contributed by atoms with van der Waals surface area (Å²) in [5.41, 5.74) is 0. The number of hydrogen-bond acceptors (Lipinski definition) is 2. The first-order valence-corrected chi connectivity index (χ1v) is 6.88. The van der Waals surface area contributed by atoms with Crippen molar-refractivity contribution in [2.75, 3.05) is 0 Å². The van der Waals surface area contributed by atoms with Gasteiger partial charge in [0.15, 0.2) is 0 Å². The van der Waals surface area contributed by atoms with E-state index in [1.165, 1.54) is 0 Å². The van der Waals surface area contributed by atoms with Crippen molar-refractivity contribution >= 4 is 11.9 Å². The lowest BCUT2D eigenvalue weighted by molar-refractivity contribution is -0.141. The Kier molecular flexibility index (Phi) is 8.42. The maximum atomic E-state index is 11.6. The summed E-state index contributed by atoms with van der Waals surface area (Å²) < 4.78 is 0. The SMILES string of the molecule is CCC(C)CC(=O)NC(C)CCCC(C)C(=O)O. The van der Waals surface area contributed by atoms with Gasteiger partial charge >= 0.3 is 5.97 Å². The fourth-order valence-electron chi connectivity index (χ4n) is 1.72. The van der Waals surface area contributed by atoms with Crippen LogP contribution in [-0.4, -0.2) is 23.0 Å². The van der Waals surface area contributed by atoms with E-state index < -0.39 is 5.97 Å². The summed E-state index contributed by atoms with van der Waals surface area (Å²) in [4.78, 5) is 22.3. The molecule has 18 heavy (non-hydrogen) atoms. The molecule has 0 heterocycles. The van der Waals surface area contributed by atoms with Crippen molar-refractivity contribution in [1.82, 2.24) is 5.32 Å². The molecule has 106 valence electrons. The Hall–Kier alpha value is -1.06. The molecule has 0 aromatic rings. The third-order valence-electron chi connectivity index (χ3n) is 3.33. The van der Waals surface area contributed by atoms with Crippen LogP contribution in [0.3, 0.4) is 0 Å². The van der Waals surface area contributed by atoms with Gasteiger partial charge in [-0.1, -0.05) is 33.6 Å². The number of rotatable bonds is 9. The Bertz CT molecular complexity index is 266. The number of carboxylic acids is 1. The lowest BCUT2D eigenvalue weighted by Crippen LogP contribution is -2.33. The largest absolute Gasteiger partial charge is 0.481 e. The van der Waals surface area contributed by atoms with Gasteiger partial charge < -0.3 is 10.4 Å². The third-order valence-corrected chi connectivity index (χ3v) is 3.33. The average Bonchev–Trinajstić information content (AvgIpc) is 2.27. The number of carbonyl (C=O) groups excluding carboxylic acids is 1. The molecule has 4 heteroatoms. The van der Waals surface area contributed by atoms with Crippen molar-refractivity contribution in [3.05, 3.63) is 0 Å². The summed E-state index contributed by atoms with van der Waals surface area (Å²) in [5, 5.41) is 11.7. The fourth-order valence-corrected chi connectivity index (χ4v) is 1.72. The lowest BCUT2D eigenvalue weighted by atomic mass is 10.0. The molecule has 0 fully saturated rings. The summed E-state index contributed by atoms with van der Waals surface area (Å²) in [6.07, 6.45) is 3.92. The number of hydrogen-bond donors (Lipinski definition) is 2. The normalized spacial score (nSPS) is 15.8. The van der Waals surface area contributed by atoms with Gasteiger partial charge in [0.2, 0.25) is 5.91 Å². The minimum atomic E-state index is -0.747. The second-order valence-corrected chi connectivity index (χ2v) is 5.36. The van der Waals surface area contributed by atoms with E-state index in [0.29, 0.717) is 18.8 Å². The van der Waals surface area contributed by atoms with E-state index in [9.17, 15) is 9.59 Å². The third kappa shape index (κ3) is 8.09. The van der Waals surface area contributed by atoms with Gasteiger partial charge in [-0.3, -0.25) is 9.59 Å². The standard InChI is InChI=1S/C14H27NO3/c1-5-10(2)9-13(16)15-12(4)8-6-7-11(3)14(17)18/h10-12H,5-9H2,1-4H3,(H,15,16)(H,17,18). The van der Waals surface area contributed by atoms with E-state index >= 15 is 0 Å². The highest BCUT2D eigenvalue weighted by atomic mass is 16.4. The van der Waals surface area contributed by atoms with E-state index in [1.54, 1.807) is 6.92 Å². The van der Waals surface area contributed by atoms with Crippen LogP contribution in [0.15, 0.2) is 0 Å². The molecule has 0 radical (unpaired) electrons. The number of nitrogens with one attached hydrogen (secondary N) is 1. The Labute approximate surface area is 110 Å². The first-order valence-electron chi connectivity index (χ1n) is 6.88. The summed E-state index contributed by atoms with van der Waals surface area (Å²) >= 11 is 0. The molecule has 0 saturated carbocycles. The van der Waals surface area contributed by atoms with Crippen LogP contribution in [0.4, 0.5) is 0 Å². The Balaban J connectivity index is 3.74. The first-order chi connectivity index (χ1) is 8.36. The van der Waals surface area contributed by atoms with E-state index in [1.807, 2.05) is 6.92 Å². The molecule has 0 aliphatic carbocycles. The maximum absolute atomic E-state index is 11.6. The zero-order chi connectivity index (χ0) is 14.1. The summed E-state index contributed by atoms with van der Waals surface area (Å²) in [6, 6.07) is 0.127. The molecule has 4 nitrogen and oxygen atoms in total. The van der Waals surface area contributed by atoms with Gasteiger partial charge in [-0.05, 0) is 25.7 Å². The Morgan fingerprint density at radius 3 is 2.28 bits per heavy atom. The molecule has 0 rings (SSSR count). The van der Waals surface area contributed by atoms with Crippen LogP contribution in [-0.2, 0) is 9.59 Å². The zero-order valence-corrected chi connectivity index (χ0v) is 12.0. The summed E-state index contributed by atoms with van der Waals surface area (Å²) in [5.74, 6) is -0.524. The van der Waals surface area contributed by atoms with Gasteiger partial charge in [0, 0.05) is 12.5 Å². The summed E-state index contributed by atoms with van der Waals surface area (Å²) in [6.45, 7) is 7.84. The second-order valence-electron chi connectivity index (χ2n) is 5.36. The Morgan fingerprint density at radius 2 is 1.78 bits per heavy atom. The van der Waals surface area contributed by atoms with Crippen LogP contribution in [0.25, 0.3) is 0 Å². The number of aliphatic carboxylic acids is 1. The van der Waals surface area contributed by atoms with Gasteiger partial charge in [0.1, 0.15) is 0 Å². The van der Waals surface area contributed by atoms with Gasteiger partial charge in [-0.15, -0.1) is 0 Å². The van der Waals surface area contributed by atoms with Gasteiger partial charge in [0.05, 0.1) is 5.92 Å². The van der Waals surface area contributed by atoms with Crippen molar-refractivity contribution in [2.45, 2.75) is 65.8 Å². The highest BCUT2D eigenvalue weighted by Crippen LogP contribution is 2.10. The molecule has 0 bridgehead atoms. The topological polar surface area (TPSA) is 66.4 Å². The molecule has 0 saturated heterocycles. The van der Waals surface area contributed by atoms with Crippen molar-refractivity contribution < 1.29 is 14.7 Å². The molecule has 3 atom stereocenters. The molecular weight excluding hydrogens is 230 g/mol. The number of carbonyl (C=O) groups is 2. The molecular formula is C14H27NO3. The molecule has 0 aromatic heterocycles. The molecule has 0 aliphatic heterocycles. The molecule has 2 N–H and O–H groups in total. The maximum Gasteiger partial charge on any atom is 0.306 e. The van der Waals surface area contributed by atoms with E-state index in [0.717, 1.165) is 19.3 Å². The average molecular weight is 257 g/mol. The zero-order valence-electron chi connectivity index (χ0n) is 12.0. The second kappa shape index (κ2) is 8.95. The number of carboxylic acid groups (broad SMARTS) is 1. The van der Waals surface area contributed by atoms with Gasteiger partial charge in [0.25, 0.3) is 0 Å². The minimum Gasteiger partial charge on any atom is -0.481 e. The molecule has 0 aromatic carbocycles. The Morgan fingerprint density at radius 1 is 1.17 bits per heavy atom. The van der Waals surface area contributed by atoms with Crippen LogP contribution in [0.2, 0.25) is 0 Å². The van der Waals surface area contributed by atoms with Crippen LogP contribution in [0, 0.1) is 11.8 Å². The van der Waals surface area contributed by atoms with Crippen molar-refractivity contribution in [3.8, 4) is 0 Å². The van der Waals surface area contributed by atoms with E-state index in [2.05, 4.69) is 19.2 Å². The number of amides is 1. The quantitative estimate of drug-likeness (QED) is 0.667. The van der Waals surface area contributed by atoms with Crippen molar-refractivity contribution in [1.29, 1.82) is 0 Å². The van der Waals surface area contributed by atoms with Crippen LogP contribution >= 0.6 is 0 Å². The summed E-state index contributed by atoms with van der Waals surface area (Å²) in [7, 11) is 0. The monoisotopic (exact) mass is 257 g/mol. The van der Waals surface area contributed by atoms with Crippen LogP contribution in [0.5, 0.6) is 0 Å². The van der Waals surface area contributed by atoms with Crippen LogP contribution < -0.4 is 5.32 Å². The van der Waals surface area contributed by atoms with Crippen molar-refractivity contribution in [3.63, 3.8) is 0 Å². The highest BCUT2D eigenvalue weighted by molar-refractivity contribution is 5.76. The molecule has 0 aliphatic rings. The van der Waals surface area contributed by atoms with Crippen molar-refractivity contribution in [2.24, 2.45) is 11.8 Å². The van der Waals surface area contributed by atoms with Gasteiger partial charge in [-0.2, -0.15) is 0 Å². The lowest BCUT2D eigenvalue weighted by Gasteiger charge is -2.16. The van der Waals surface area contributed by atoms with E-state index in [-0.39, 0.29) is 17.9 Å². The molecule has 0 spiro atoms. The van der Waals surface area contributed by atoms with Gasteiger partial charge in [-0.25, -0.2) is 0 Å². The van der Waals surface area contributed by atoms with E-state index in [4.69, 9.17) is 5.11 Å². The molecule has 1 amide bonds. The smallest absolute Gasteiger partial charge is 0.306 e.